The SMILES string of the molecule is Cc1nc(C(C)(C)C)sc1C(=O)N1CCC(N2CCNCC2)C1.Cl. The van der Waals surface area contributed by atoms with Crippen molar-refractivity contribution in [2.24, 2.45) is 0 Å². The molecule has 136 valence electrons. The molecule has 1 aromatic heterocycles. The molecule has 2 aliphatic heterocycles. The van der Waals surface area contributed by atoms with Gasteiger partial charge in [0.1, 0.15) is 4.88 Å². The van der Waals surface area contributed by atoms with E-state index in [-0.39, 0.29) is 23.7 Å². The second kappa shape index (κ2) is 7.68. The van der Waals surface area contributed by atoms with Crippen LogP contribution in [-0.2, 0) is 5.41 Å². The number of rotatable bonds is 2. The predicted octanol–water partition coefficient (Wildman–Crippen LogP) is 2.29. The Labute approximate surface area is 155 Å². The number of likely N-dealkylation sites (tertiary alicyclic amines) is 1. The minimum absolute atomic E-state index is 0. The summed E-state index contributed by atoms with van der Waals surface area (Å²) in [6, 6.07) is 0.524. The third-order valence-corrected chi connectivity index (χ3v) is 6.32. The molecule has 2 saturated heterocycles. The second-order valence-electron chi connectivity index (χ2n) is 7.66. The van der Waals surface area contributed by atoms with Gasteiger partial charge in [0.2, 0.25) is 0 Å². The molecule has 0 aliphatic carbocycles. The Bertz CT molecular complexity index is 578. The van der Waals surface area contributed by atoms with Gasteiger partial charge in [0, 0.05) is 50.7 Å². The normalized spacial score (nSPS) is 22.5. The number of thiazole rings is 1. The number of nitrogens with zero attached hydrogens (tertiary/aromatic N) is 3. The van der Waals surface area contributed by atoms with Crippen molar-refractivity contribution in [1.82, 2.24) is 20.1 Å². The van der Waals surface area contributed by atoms with Crippen LogP contribution < -0.4 is 5.32 Å². The summed E-state index contributed by atoms with van der Waals surface area (Å²) >= 11 is 1.57. The van der Waals surface area contributed by atoms with Crippen LogP contribution in [0.5, 0.6) is 0 Å². The lowest BCUT2D eigenvalue weighted by Crippen LogP contribution is -2.49. The molecule has 2 aliphatic rings. The number of halogens is 1. The zero-order valence-corrected chi connectivity index (χ0v) is 16.7. The second-order valence-corrected chi connectivity index (χ2v) is 8.66. The van der Waals surface area contributed by atoms with E-state index >= 15 is 0 Å². The number of aromatic nitrogens is 1. The molecular weight excluding hydrogens is 344 g/mol. The Kier molecular flexibility index (Phi) is 6.29. The quantitative estimate of drug-likeness (QED) is 0.865. The highest BCUT2D eigenvalue weighted by molar-refractivity contribution is 7.14. The van der Waals surface area contributed by atoms with Crippen LogP contribution in [0.4, 0.5) is 0 Å². The van der Waals surface area contributed by atoms with Gasteiger partial charge in [-0.3, -0.25) is 9.69 Å². The Morgan fingerprint density at radius 2 is 1.92 bits per heavy atom. The average Bonchev–Trinajstić information content (AvgIpc) is 3.14. The summed E-state index contributed by atoms with van der Waals surface area (Å²) < 4.78 is 0. The first-order valence-corrected chi connectivity index (χ1v) is 9.40. The van der Waals surface area contributed by atoms with Gasteiger partial charge in [-0.05, 0) is 13.3 Å². The van der Waals surface area contributed by atoms with Crippen LogP contribution in [0.15, 0.2) is 0 Å². The lowest BCUT2D eigenvalue weighted by atomic mass is 9.98. The van der Waals surface area contributed by atoms with Crippen molar-refractivity contribution >= 4 is 29.7 Å². The number of carbonyl (C=O) groups excluding carboxylic acids is 1. The first-order chi connectivity index (χ1) is 10.9. The van der Waals surface area contributed by atoms with Gasteiger partial charge in [-0.1, -0.05) is 20.8 Å². The molecule has 1 amide bonds. The maximum absolute atomic E-state index is 12.9. The Hall–Kier alpha value is -0.690. The fourth-order valence-electron chi connectivity index (χ4n) is 3.33. The molecule has 0 radical (unpaired) electrons. The molecule has 1 unspecified atom stereocenters. The van der Waals surface area contributed by atoms with Crippen LogP contribution in [-0.4, -0.2) is 66.0 Å². The summed E-state index contributed by atoms with van der Waals surface area (Å²) in [6.07, 6.45) is 1.09. The van der Waals surface area contributed by atoms with Gasteiger partial charge in [-0.25, -0.2) is 4.98 Å². The van der Waals surface area contributed by atoms with Crippen LogP contribution >= 0.6 is 23.7 Å². The number of nitrogens with one attached hydrogen (secondary N) is 1. The third kappa shape index (κ3) is 4.10. The van der Waals surface area contributed by atoms with E-state index in [0.29, 0.717) is 6.04 Å². The van der Waals surface area contributed by atoms with Gasteiger partial charge >= 0.3 is 0 Å². The number of aryl methyl sites for hydroxylation is 1. The van der Waals surface area contributed by atoms with Crippen molar-refractivity contribution in [2.75, 3.05) is 39.3 Å². The van der Waals surface area contributed by atoms with Gasteiger partial charge in [0.15, 0.2) is 0 Å². The number of hydrogen-bond acceptors (Lipinski definition) is 5. The molecule has 3 heterocycles. The first kappa shape index (κ1) is 19.6. The van der Waals surface area contributed by atoms with E-state index in [1.54, 1.807) is 11.3 Å². The minimum Gasteiger partial charge on any atom is -0.336 e. The summed E-state index contributed by atoms with van der Waals surface area (Å²) in [5.74, 6) is 0.174. The van der Waals surface area contributed by atoms with Crippen LogP contribution in [0.25, 0.3) is 0 Å². The smallest absolute Gasteiger partial charge is 0.265 e. The third-order valence-electron chi connectivity index (χ3n) is 4.75. The molecule has 0 spiro atoms. The molecule has 0 bridgehead atoms. The van der Waals surface area contributed by atoms with Crippen LogP contribution in [0.2, 0.25) is 0 Å². The molecule has 24 heavy (non-hydrogen) atoms. The Morgan fingerprint density at radius 1 is 1.25 bits per heavy atom. The maximum atomic E-state index is 12.9. The molecule has 7 heteroatoms. The molecular formula is C17H29ClN4OS. The van der Waals surface area contributed by atoms with Crippen molar-refractivity contribution in [2.45, 2.75) is 45.6 Å². The van der Waals surface area contributed by atoms with Crippen molar-refractivity contribution in [3.8, 4) is 0 Å². The monoisotopic (exact) mass is 372 g/mol. The molecule has 1 N–H and O–H groups in total. The zero-order valence-electron chi connectivity index (χ0n) is 15.1. The highest BCUT2D eigenvalue weighted by Crippen LogP contribution is 2.30. The van der Waals surface area contributed by atoms with E-state index in [0.717, 1.165) is 61.3 Å². The van der Waals surface area contributed by atoms with E-state index in [4.69, 9.17) is 0 Å². The van der Waals surface area contributed by atoms with Gasteiger partial charge in [-0.2, -0.15) is 0 Å². The van der Waals surface area contributed by atoms with Crippen molar-refractivity contribution in [1.29, 1.82) is 0 Å². The summed E-state index contributed by atoms with van der Waals surface area (Å²) in [5.41, 5.74) is 0.887. The lowest BCUT2D eigenvalue weighted by Gasteiger charge is -2.32. The van der Waals surface area contributed by atoms with Gasteiger partial charge in [0.25, 0.3) is 5.91 Å². The highest BCUT2D eigenvalue weighted by Gasteiger charge is 2.33. The molecule has 5 nitrogen and oxygen atoms in total. The molecule has 2 fully saturated rings. The summed E-state index contributed by atoms with van der Waals surface area (Å²) in [7, 11) is 0. The Balaban J connectivity index is 0.00000208. The molecule has 3 rings (SSSR count). The number of piperazine rings is 1. The Morgan fingerprint density at radius 3 is 2.50 bits per heavy atom. The van der Waals surface area contributed by atoms with Gasteiger partial charge < -0.3 is 10.2 Å². The van der Waals surface area contributed by atoms with Crippen LogP contribution in [0.1, 0.15) is 47.6 Å². The van der Waals surface area contributed by atoms with E-state index in [9.17, 15) is 4.79 Å². The average molecular weight is 373 g/mol. The van der Waals surface area contributed by atoms with E-state index < -0.39 is 0 Å². The maximum Gasteiger partial charge on any atom is 0.265 e. The summed E-state index contributed by atoms with van der Waals surface area (Å²) in [5, 5.41) is 4.45. The summed E-state index contributed by atoms with van der Waals surface area (Å²) in [6.45, 7) is 14.5. The lowest BCUT2D eigenvalue weighted by molar-refractivity contribution is 0.0777. The molecule has 1 aromatic rings. The fourth-order valence-corrected chi connectivity index (χ4v) is 4.42. The van der Waals surface area contributed by atoms with Crippen molar-refractivity contribution in [3.63, 3.8) is 0 Å². The van der Waals surface area contributed by atoms with Crippen LogP contribution in [0.3, 0.4) is 0 Å². The first-order valence-electron chi connectivity index (χ1n) is 8.58. The van der Waals surface area contributed by atoms with Gasteiger partial charge in [-0.15, -0.1) is 23.7 Å². The van der Waals surface area contributed by atoms with E-state index in [1.165, 1.54) is 0 Å². The standard InChI is InChI=1S/C17H28N4OS.ClH/c1-12-14(23-16(19-12)17(2,3)4)15(22)21-8-5-13(11-21)20-9-6-18-7-10-20;/h13,18H,5-11H2,1-4H3;1H. The summed E-state index contributed by atoms with van der Waals surface area (Å²) in [4.78, 5) is 22.9. The minimum atomic E-state index is 0. The largest absolute Gasteiger partial charge is 0.336 e. The topological polar surface area (TPSA) is 48.5 Å². The molecule has 1 atom stereocenters. The predicted molar refractivity (Wildman–Crippen MR) is 102 cm³/mol. The fraction of sp³-hybridized carbons (Fsp3) is 0.765. The number of hydrogen-bond donors (Lipinski definition) is 1. The van der Waals surface area contributed by atoms with Crippen molar-refractivity contribution < 1.29 is 4.79 Å². The highest BCUT2D eigenvalue weighted by atomic mass is 35.5. The van der Waals surface area contributed by atoms with Gasteiger partial charge in [0.05, 0.1) is 10.7 Å². The van der Waals surface area contributed by atoms with E-state index in [2.05, 4.69) is 36.0 Å². The van der Waals surface area contributed by atoms with Crippen molar-refractivity contribution in [3.05, 3.63) is 15.6 Å². The zero-order chi connectivity index (χ0) is 16.6. The molecule has 0 saturated carbocycles. The number of carbonyl (C=O) groups is 1. The molecule has 0 aromatic carbocycles. The van der Waals surface area contributed by atoms with E-state index in [1.807, 2.05) is 11.8 Å². The van der Waals surface area contributed by atoms with Crippen LogP contribution in [0, 0.1) is 6.92 Å². The number of amides is 1.